The zero-order chi connectivity index (χ0) is 13.8. The van der Waals surface area contributed by atoms with Gasteiger partial charge in [0.25, 0.3) is 0 Å². The van der Waals surface area contributed by atoms with Crippen molar-refractivity contribution in [2.75, 3.05) is 6.54 Å². The van der Waals surface area contributed by atoms with E-state index in [9.17, 15) is 4.39 Å². The molecular weight excluding hydrogens is 243 g/mol. The molecular formula is C15H17FN2O. The molecule has 0 unspecified atom stereocenters. The maximum absolute atomic E-state index is 13.2. The molecule has 0 saturated carbocycles. The lowest BCUT2D eigenvalue weighted by molar-refractivity contribution is 0.450. The summed E-state index contributed by atoms with van der Waals surface area (Å²) >= 11 is 0. The van der Waals surface area contributed by atoms with E-state index in [0.717, 1.165) is 23.1 Å². The van der Waals surface area contributed by atoms with Crippen molar-refractivity contribution in [3.63, 3.8) is 0 Å². The van der Waals surface area contributed by atoms with E-state index in [2.05, 4.69) is 4.98 Å². The van der Waals surface area contributed by atoms with Gasteiger partial charge in [0.1, 0.15) is 11.6 Å². The molecule has 2 N–H and O–H groups in total. The highest BCUT2D eigenvalue weighted by molar-refractivity contribution is 5.38. The molecule has 1 heterocycles. The lowest BCUT2D eigenvalue weighted by Crippen LogP contribution is -2.04. The summed E-state index contributed by atoms with van der Waals surface area (Å²) in [7, 11) is 0. The third-order valence-corrected chi connectivity index (χ3v) is 2.88. The topological polar surface area (TPSA) is 48.1 Å². The monoisotopic (exact) mass is 260 g/mol. The SMILES string of the molecule is Cc1ccc(F)cc1Oc1ncc(CCN)cc1C. The van der Waals surface area contributed by atoms with Crippen LogP contribution in [0.4, 0.5) is 4.39 Å². The molecule has 0 aliphatic carbocycles. The number of nitrogens with zero attached hydrogens (tertiary/aromatic N) is 1. The van der Waals surface area contributed by atoms with Crippen LogP contribution in [0.3, 0.4) is 0 Å². The number of halogens is 1. The van der Waals surface area contributed by atoms with Crippen molar-refractivity contribution in [2.24, 2.45) is 5.73 Å². The van der Waals surface area contributed by atoms with Gasteiger partial charge >= 0.3 is 0 Å². The van der Waals surface area contributed by atoms with Crippen molar-refractivity contribution in [1.29, 1.82) is 0 Å². The Morgan fingerprint density at radius 2 is 2.00 bits per heavy atom. The molecule has 0 spiro atoms. The van der Waals surface area contributed by atoms with Gasteiger partial charge in [-0.1, -0.05) is 6.07 Å². The van der Waals surface area contributed by atoms with Crippen LogP contribution >= 0.6 is 0 Å². The van der Waals surface area contributed by atoms with Crippen LogP contribution in [0.1, 0.15) is 16.7 Å². The molecule has 0 fully saturated rings. The van der Waals surface area contributed by atoms with Crippen LogP contribution in [-0.4, -0.2) is 11.5 Å². The van der Waals surface area contributed by atoms with Crippen LogP contribution in [0.2, 0.25) is 0 Å². The first kappa shape index (κ1) is 13.5. The molecule has 1 aromatic heterocycles. The van der Waals surface area contributed by atoms with Crippen molar-refractivity contribution < 1.29 is 9.13 Å². The Kier molecular flexibility index (Phi) is 4.12. The second-order valence-corrected chi connectivity index (χ2v) is 4.52. The average Bonchev–Trinajstić information content (AvgIpc) is 2.37. The average molecular weight is 260 g/mol. The zero-order valence-electron chi connectivity index (χ0n) is 11.1. The predicted octanol–water partition coefficient (Wildman–Crippen LogP) is 3.13. The van der Waals surface area contributed by atoms with Crippen LogP contribution < -0.4 is 10.5 Å². The first-order valence-corrected chi connectivity index (χ1v) is 6.19. The fraction of sp³-hybridized carbons (Fsp3) is 0.267. The van der Waals surface area contributed by atoms with E-state index in [4.69, 9.17) is 10.5 Å². The molecule has 0 atom stereocenters. The number of aryl methyl sites for hydroxylation is 2. The van der Waals surface area contributed by atoms with E-state index in [1.807, 2.05) is 19.9 Å². The van der Waals surface area contributed by atoms with Gasteiger partial charge in [-0.3, -0.25) is 0 Å². The van der Waals surface area contributed by atoms with E-state index in [1.165, 1.54) is 12.1 Å². The highest BCUT2D eigenvalue weighted by atomic mass is 19.1. The quantitative estimate of drug-likeness (QED) is 0.918. The first-order valence-electron chi connectivity index (χ1n) is 6.19. The fourth-order valence-electron chi connectivity index (χ4n) is 1.82. The Labute approximate surface area is 112 Å². The van der Waals surface area contributed by atoms with Crippen LogP contribution in [-0.2, 0) is 6.42 Å². The lowest BCUT2D eigenvalue weighted by Gasteiger charge is -2.11. The van der Waals surface area contributed by atoms with Crippen LogP contribution in [0.15, 0.2) is 30.5 Å². The van der Waals surface area contributed by atoms with Crippen molar-refractivity contribution in [1.82, 2.24) is 4.98 Å². The number of pyridine rings is 1. The van der Waals surface area contributed by atoms with E-state index in [1.54, 1.807) is 12.3 Å². The Morgan fingerprint density at radius 1 is 1.21 bits per heavy atom. The third kappa shape index (κ3) is 3.29. The second-order valence-electron chi connectivity index (χ2n) is 4.52. The van der Waals surface area contributed by atoms with Crippen molar-refractivity contribution >= 4 is 0 Å². The van der Waals surface area contributed by atoms with E-state index >= 15 is 0 Å². The first-order chi connectivity index (χ1) is 9.10. The molecule has 0 radical (unpaired) electrons. The van der Waals surface area contributed by atoms with Crippen LogP contribution in [0.5, 0.6) is 11.6 Å². The minimum absolute atomic E-state index is 0.321. The van der Waals surface area contributed by atoms with Crippen molar-refractivity contribution in [3.05, 3.63) is 53.0 Å². The number of benzene rings is 1. The summed E-state index contributed by atoms with van der Waals surface area (Å²) in [6.45, 7) is 4.37. The molecule has 19 heavy (non-hydrogen) atoms. The van der Waals surface area contributed by atoms with Gasteiger partial charge in [-0.25, -0.2) is 9.37 Å². The maximum atomic E-state index is 13.2. The summed E-state index contributed by atoms with van der Waals surface area (Å²) in [6, 6.07) is 6.45. The Hall–Kier alpha value is -1.94. The normalized spacial score (nSPS) is 10.5. The van der Waals surface area contributed by atoms with Gasteiger partial charge in [0.15, 0.2) is 0 Å². The van der Waals surface area contributed by atoms with Gasteiger partial charge in [-0.2, -0.15) is 0 Å². The summed E-state index contributed by atoms with van der Waals surface area (Å²) in [5.41, 5.74) is 8.36. The molecule has 2 aromatic rings. The van der Waals surface area contributed by atoms with E-state index < -0.39 is 0 Å². The molecule has 2 rings (SSSR count). The third-order valence-electron chi connectivity index (χ3n) is 2.88. The summed E-state index contributed by atoms with van der Waals surface area (Å²) < 4.78 is 18.9. The molecule has 0 bridgehead atoms. The van der Waals surface area contributed by atoms with Gasteiger partial charge in [-0.15, -0.1) is 0 Å². The largest absolute Gasteiger partial charge is 0.438 e. The zero-order valence-corrected chi connectivity index (χ0v) is 11.1. The number of aromatic nitrogens is 1. The molecule has 4 heteroatoms. The van der Waals surface area contributed by atoms with Crippen LogP contribution in [0.25, 0.3) is 0 Å². The summed E-state index contributed by atoms with van der Waals surface area (Å²) in [4.78, 5) is 4.26. The molecule has 100 valence electrons. The standard InChI is InChI=1S/C15H17FN2O/c1-10-3-4-13(16)8-14(10)19-15-11(2)7-12(5-6-17)9-18-15/h3-4,7-9H,5-6,17H2,1-2H3. The Balaban J connectivity index is 2.25. The van der Waals surface area contributed by atoms with E-state index in [-0.39, 0.29) is 5.82 Å². The minimum atomic E-state index is -0.321. The van der Waals surface area contributed by atoms with E-state index in [0.29, 0.717) is 18.2 Å². The number of rotatable bonds is 4. The number of hydrogen-bond donors (Lipinski definition) is 1. The number of hydrogen-bond acceptors (Lipinski definition) is 3. The lowest BCUT2D eigenvalue weighted by atomic mass is 10.1. The molecule has 0 aliphatic heterocycles. The number of ether oxygens (including phenoxy) is 1. The van der Waals surface area contributed by atoms with Crippen molar-refractivity contribution in [2.45, 2.75) is 20.3 Å². The molecule has 3 nitrogen and oxygen atoms in total. The van der Waals surface area contributed by atoms with Gasteiger partial charge in [0.05, 0.1) is 0 Å². The summed E-state index contributed by atoms with van der Waals surface area (Å²) in [5, 5.41) is 0. The van der Waals surface area contributed by atoms with Crippen molar-refractivity contribution in [3.8, 4) is 11.6 Å². The highest BCUT2D eigenvalue weighted by Gasteiger charge is 2.07. The molecule has 0 aliphatic rings. The molecule has 1 aromatic carbocycles. The molecule has 0 amide bonds. The fourth-order valence-corrected chi connectivity index (χ4v) is 1.82. The summed E-state index contributed by atoms with van der Waals surface area (Å²) in [5.74, 6) is 0.662. The minimum Gasteiger partial charge on any atom is -0.438 e. The Morgan fingerprint density at radius 3 is 2.68 bits per heavy atom. The van der Waals surface area contributed by atoms with Gasteiger partial charge in [-0.05, 0) is 50.1 Å². The maximum Gasteiger partial charge on any atom is 0.222 e. The number of nitrogens with two attached hydrogens (primary N) is 1. The Bertz CT molecular complexity index is 584. The van der Waals surface area contributed by atoms with Gasteiger partial charge in [0.2, 0.25) is 5.88 Å². The predicted molar refractivity (Wildman–Crippen MR) is 72.9 cm³/mol. The smallest absolute Gasteiger partial charge is 0.222 e. The molecule has 0 saturated heterocycles. The van der Waals surface area contributed by atoms with Gasteiger partial charge < -0.3 is 10.5 Å². The highest BCUT2D eigenvalue weighted by Crippen LogP contribution is 2.26. The van der Waals surface area contributed by atoms with Crippen LogP contribution in [0, 0.1) is 19.7 Å². The van der Waals surface area contributed by atoms with Gasteiger partial charge in [0, 0.05) is 17.8 Å². The summed E-state index contributed by atoms with van der Waals surface area (Å²) in [6.07, 6.45) is 2.52. The second kappa shape index (κ2) is 5.80.